The molecule has 2 aromatic carbocycles. The maximum Gasteiger partial charge on any atom is 0.315 e. The van der Waals surface area contributed by atoms with E-state index in [2.05, 4.69) is 33.9 Å². The number of carbonyl (C=O) groups excluding carboxylic acids is 1. The maximum absolute atomic E-state index is 12.4. The summed E-state index contributed by atoms with van der Waals surface area (Å²) in [5.74, 6) is 0. The van der Waals surface area contributed by atoms with Crippen molar-refractivity contribution in [1.29, 1.82) is 0 Å². The monoisotopic (exact) mass is 362 g/mol. The predicted octanol–water partition coefficient (Wildman–Crippen LogP) is 2.29. The first-order chi connectivity index (χ1) is 13.1. The number of fused-ring (bicyclic) bond motifs is 2. The summed E-state index contributed by atoms with van der Waals surface area (Å²) in [6, 6.07) is 15.7. The molecule has 0 radical (unpaired) electrons. The lowest BCUT2D eigenvalue weighted by molar-refractivity contribution is 0.235. The van der Waals surface area contributed by atoms with Gasteiger partial charge in [-0.1, -0.05) is 42.5 Å². The molecule has 3 aromatic rings. The van der Waals surface area contributed by atoms with E-state index in [1.165, 1.54) is 4.68 Å². The number of rotatable bonds is 3. The molecule has 0 bridgehead atoms. The number of aryl methyl sites for hydroxylation is 2. The number of nitrogens with zero attached hydrogens (tertiary/aromatic N) is 2. The first kappa shape index (κ1) is 17.3. The van der Waals surface area contributed by atoms with Crippen LogP contribution >= 0.6 is 0 Å². The Morgan fingerprint density at radius 2 is 2.04 bits per heavy atom. The summed E-state index contributed by atoms with van der Waals surface area (Å²) in [6.45, 7) is 0.471. The van der Waals surface area contributed by atoms with Crippen LogP contribution in [0.15, 0.2) is 53.3 Å². The summed E-state index contributed by atoms with van der Waals surface area (Å²) < 4.78 is 1.36. The predicted molar refractivity (Wildman–Crippen MR) is 105 cm³/mol. The molecule has 0 saturated carbocycles. The Hall–Kier alpha value is -3.15. The third-order valence-electron chi connectivity index (χ3n) is 5.11. The van der Waals surface area contributed by atoms with Crippen molar-refractivity contribution < 1.29 is 4.79 Å². The molecule has 1 heterocycles. The van der Waals surface area contributed by atoms with Gasteiger partial charge in [0.05, 0.1) is 5.69 Å². The lowest BCUT2D eigenvalue weighted by Gasteiger charge is -2.25. The molecule has 0 spiro atoms. The van der Waals surface area contributed by atoms with Crippen LogP contribution in [0, 0.1) is 0 Å². The van der Waals surface area contributed by atoms with Crippen LogP contribution in [0.1, 0.15) is 23.2 Å². The molecule has 1 unspecified atom stereocenters. The first-order valence-corrected chi connectivity index (χ1v) is 9.17. The number of nitrogens with one attached hydrogen (secondary N) is 2. The number of carbonyl (C=O) groups is 1. The molecule has 1 aromatic heterocycles. The number of aromatic nitrogens is 2. The minimum Gasteiger partial charge on any atom is -0.335 e. The highest BCUT2D eigenvalue weighted by molar-refractivity contribution is 5.86. The molecule has 138 valence electrons. The third-order valence-corrected chi connectivity index (χ3v) is 5.11. The van der Waals surface area contributed by atoms with Crippen LogP contribution in [0.5, 0.6) is 0 Å². The maximum atomic E-state index is 12.4. The van der Waals surface area contributed by atoms with Gasteiger partial charge < -0.3 is 10.6 Å². The van der Waals surface area contributed by atoms with Crippen LogP contribution in [0.2, 0.25) is 0 Å². The van der Waals surface area contributed by atoms with Crippen molar-refractivity contribution >= 4 is 16.8 Å². The second-order valence-electron chi connectivity index (χ2n) is 6.98. The molecule has 2 amide bonds. The summed E-state index contributed by atoms with van der Waals surface area (Å²) in [7, 11) is 1.66. The number of benzene rings is 2. The number of hydrogen-bond donors (Lipinski definition) is 2. The van der Waals surface area contributed by atoms with Gasteiger partial charge in [0.25, 0.3) is 5.56 Å². The SMILES string of the molecule is Cn1nc2c(cc1=O)CC(NC(=O)NCc1cccc3ccccc13)CC2. The van der Waals surface area contributed by atoms with E-state index in [1.54, 1.807) is 13.1 Å². The molecule has 1 aliphatic carbocycles. The Morgan fingerprint density at radius 3 is 2.93 bits per heavy atom. The highest BCUT2D eigenvalue weighted by Gasteiger charge is 2.22. The normalized spacial score (nSPS) is 16.0. The lowest BCUT2D eigenvalue weighted by Crippen LogP contribution is -2.44. The molecule has 0 aliphatic heterocycles. The Balaban J connectivity index is 1.38. The van der Waals surface area contributed by atoms with Gasteiger partial charge in [0.2, 0.25) is 0 Å². The van der Waals surface area contributed by atoms with Crippen LogP contribution in [-0.2, 0) is 26.4 Å². The minimum absolute atomic E-state index is 0.0129. The molecule has 27 heavy (non-hydrogen) atoms. The van der Waals surface area contributed by atoms with Crippen molar-refractivity contribution in [3.63, 3.8) is 0 Å². The highest BCUT2D eigenvalue weighted by atomic mass is 16.2. The van der Waals surface area contributed by atoms with E-state index >= 15 is 0 Å². The van der Waals surface area contributed by atoms with Crippen LogP contribution in [0.4, 0.5) is 4.79 Å². The average molecular weight is 362 g/mol. The van der Waals surface area contributed by atoms with Crippen molar-refractivity contribution in [3.05, 3.63) is 75.7 Å². The topological polar surface area (TPSA) is 76.0 Å². The molecule has 1 atom stereocenters. The minimum atomic E-state index is -0.187. The van der Waals surface area contributed by atoms with Gasteiger partial charge in [-0.05, 0) is 41.2 Å². The highest BCUT2D eigenvalue weighted by Crippen LogP contribution is 2.19. The Morgan fingerprint density at radius 1 is 1.22 bits per heavy atom. The van der Waals surface area contributed by atoms with E-state index in [4.69, 9.17) is 0 Å². The van der Waals surface area contributed by atoms with E-state index in [0.29, 0.717) is 13.0 Å². The summed E-state index contributed by atoms with van der Waals surface area (Å²) >= 11 is 0. The summed E-state index contributed by atoms with van der Waals surface area (Å²) in [5, 5.41) is 12.6. The van der Waals surface area contributed by atoms with E-state index < -0.39 is 0 Å². The number of amides is 2. The van der Waals surface area contributed by atoms with Crippen LogP contribution in [-0.4, -0.2) is 21.9 Å². The zero-order chi connectivity index (χ0) is 18.8. The van der Waals surface area contributed by atoms with E-state index in [9.17, 15) is 9.59 Å². The second kappa shape index (κ2) is 7.23. The summed E-state index contributed by atoms with van der Waals surface area (Å²) in [6.07, 6.45) is 2.22. The van der Waals surface area contributed by atoms with Gasteiger partial charge in [-0.3, -0.25) is 4.79 Å². The quantitative estimate of drug-likeness (QED) is 0.751. The summed E-state index contributed by atoms with van der Waals surface area (Å²) in [4.78, 5) is 24.1. The molecule has 1 aliphatic rings. The zero-order valence-electron chi connectivity index (χ0n) is 15.2. The van der Waals surface area contributed by atoms with Gasteiger partial charge in [0.1, 0.15) is 0 Å². The lowest BCUT2D eigenvalue weighted by atomic mass is 9.92. The van der Waals surface area contributed by atoms with Gasteiger partial charge in [-0.25, -0.2) is 9.48 Å². The van der Waals surface area contributed by atoms with E-state index in [-0.39, 0.29) is 17.6 Å². The second-order valence-corrected chi connectivity index (χ2v) is 6.98. The van der Waals surface area contributed by atoms with Gasteiger partial charge in [-0.2, -0.15) is 5.10 Å². The van der Waals surface area contributed by atoms with E-state index in [0.717, 1.165) is 40.4 Å². The fourth-order valence-corrected chi connectivity index (χ4v) is 3.67. The first-order valence-electron chi connectivity index (χ1n) is 9.17. The molecular weight excluding hydrogens is 340 g/mol. The molecule has 2 N–H and O–H groups in total. The largest absolute Gasteiger partial charge is 0.335 e. The fourth-order valence-electron chi connectivity index (χ4n) is 3.67. The van der Waals surface area contributed by atoms with Crippen LogP contribution in [0.3, 0.4) is 0 Å². The van der Waals surface area contributed by atoms with Gasteiger partial charge >= 0.3 is 6.03 Å². The molecular formula is C21H22N4O2. The Kier molecular flexibility index (Phi) is 4.62. The molecule has 6 heteroatoms. The number of hydrogen-bond acceptors (Lipinski definition) is 3. The van der Waals surface area contributed by atoms with Crippen LogP contribution < -0.4 is 16.2 Å². The van der Waals surface area contributed by atoms with Crippen molar-refractivity contribution in [1.82, 2.24) is 20.4 Å². The van der Waals surface area contributed by atoms with Crippen molar-refractivity contribution in [2.45, 2.75) is 31.8 Å². The molecule has 4 rings (SSSR count). The van der Waals surface area contributed by atoms with Crippen LogP contribution in [0.25, 0.3) is 10.8 Å². The summed E-state index contributed by atoms with van der Waals surface area (Å²) in [5.41, 5.74) is 2.86. The van der Waals surface area contributed by atoms with E-state index in [1.807, 2.05) is 24.3 Å². The van der Waals surface area contributed by atoms with Gasteiger partial charge in [0, 0.05) is 25.7 Å². The Bertz CT molecular complexity index is 1050. The van der Waals surface area contributed by atoms with Crippen molar-refractivity contribution in [3.8, 4) is 0 Å². The third kappa shape index (κ3) is 3.69. The Labute approximate surface area is 157 Å². The molecule has 6 nitrogen and oxygen atoms in total. The molecule has 0 saturated heterocycles. The van der Waals surface area contributed by atoms with Gasteiger partial charge in [0.15, 0.2) is 0 Å². The smallest absolute Gasteiger partial charge is 0.315 e. The average Bonchev–Trinajstić information content (AvgIpc) is 2.67. The van der Waals surface area contributed by atoms with Crippen molar-refractivity contribution in [2.75, 3.05) is 0 Å². The fraction of sp³-hybridized carbons (Fsp3) is 0.286. The van der Waals surface area contributed by atoms with Gasteiger partial charge in [-0.15, -0.1) is 0 Å². The number of urea groups is 1. The standard InChI is InChI=1S/C21H22N4O2/c1-25-20(26)12-16-11-17(9-10-19(16)24-25)23-21(27)22-13-15-7-4-6-14-5-2-3-8-18(14)15/h2-8,12,17H,9-11,13H2,1H3,(H2,22,23,27). The van der Waals surface area contributed by atoms with Crippen molar-refractivity contribution in [2.24, 2.45) is 7.05 Å². The zero-order valence-corrected chi connectivity index (χ0v) is 15.2. The molecule has 0 fully saturated rings.